The number of amides is 2. The quantitative estimate of drug-likeness (QED) is 0.900. The lowest BCUT2D eigenvalue weighted by molar-refractivity contribution is -0.130. The molecule has 6 nitrogen and oxygen atoms in total. The molecule has 0 saturated carbocycles. The number of likely N-dealkylation sites (tertiary alicyclic amines) is 1. The molecule has 0 spiro atoms. The maximum absolute atomic E-state index is 12.4. The number of benzene rings is 1. The number of primary amides is 1. The lowest BCUT2D eigenvalue weighted by Gasteiger charge is -2.16. The molecule has 1 aromatic carbocycles. The van der Waals surface area contributed by atoms with E-state index in [1.807, 2.05) is 48.9 Å². The maximum Gasteiger partial charge on any atom is 0.222 e. The number of nitrogens with zero attached hydrogens (tertiary/aromatic N) is 3. The minimum Gasteiger partial charge on any atom is -0.369 e. The predicted molar refractivity (Wildman–Crippen MR) is 95.2 cm³/mol. The highest BCUT2D eigenvalue weighted by molar-refractivity contribution is 5.81. The molecule has 2 heterocycles. The monoisotopic (exact) mass is 340 g/mol. The van der Waals surface area contributed by atoms with Gasteiger partial charge in [0.1, 0.15) is 0 Å². The Kier molecular flexibility index (Phi) is 4.88. The van der Waals surface area contributed by atoms with E-state index in [9.17, 15) is 9.59 Å². The van der Waals surface area contributed by atoms with Gasteiger partial charge in [-0.1, -0.05) is 18.2 Å². The van der Waals surface area contributed by atoms with Crippen molar-refractivity contribution >= 4 is 11.8 Å². The van der Waals surface area contributed by atoms with Crippen molar-refractivity contribution in [2.45, 2.75) is 33.1 Å². The summed E-state index contributed by atoms with van der Waals surface area (Å²) in [5.41, 5.74) is 9.48. The van der Waals surface area contributed by atoms with E-state index in [1.54, 1.807) is 4.90 Å². The number of hydrogen-bond donors (Lipinski definition) is 1. The van der Waals surface area contributed by atoms with Gasteiger partial charge in [0.25, 0.3) is 0 Å². The van der Waals surface area contributed by atoms with Crippen LogP contribution in [0.15, 0.2) is 30.3 Å². The molecular weight excluding hydrogens is 316 g/mol. The van der Waals surface area contributed by atoms with Crippen molar-refractivity contribution in [3.05, 3.63) is 47.3 Å². The van der Waals surface area contributed by atoms with Crippen LogP contribution in [-0.2, 0) is 16.0 Å². The lowest BCUT2D eigenvalue weighted by Crippen LogP contribution is -2.31. The molecular formula is C19H24N4O2. The van der Waals surface area contributed by atoms with Gasteiger partial charge in [0.05, 0.1) is 17.3 Å². The average Bonchev–Trinajstić information content (AvgIpc) is 3.20. The topological polar surface area (TPSA) is 81.2 Å². The second-order valence-corrected chi connectivity index (χ2v) is 6.62. The molecule has 2 N–H and O–H groups in total. The van der Waals surface area contributed by atoms with E-state index < -0.39 is 0 Å². The van der Waals surface area contributed by atoms with Crippen molar-refractivity contribution in [1.82, 2.24) is 14.7 Å². The van der Waals surface area contributed by atoms with Crippen molar-refractivity contribution in [2.24, 2.45) is 11.7 Å². The smallest absolute Gasteiger partial charge is 0.222 e. The number of carbonyl (C=O) groups is 2. The molecule has 6 heteroatoms. The minimum atomic E-state index is -0.314. The Hall–Kier alpha value is -2.63. The standard InChI is InChI=1S/C19H24N4O2/c1-13-17(14(2)23(21-13)16-6-4-3-5-7-16)8-9-18(24)22-11-10-15(12-22)19(20)25/h3-7,15H,8-12H2,1-2H3,(H2,20,25)/t15-/m0/s1. The summed E-state index contributed by atoms with van der Waals surface area (Å²) in [7, 11) is 0. The third-order valence-electron chi connectivity index (χ3n) is 4.97. The largest absolute Gasteiger partial charge is 0.369 e. The molecule has 1 saturated heterocycles. The number of rotatable bonds is 5. The van der Waals surface area contributed by atoms with E-state index >= 15 is 0 Å². The third-order valence-corrected chi connectivity index (χ3v) is 4.97. The van der Waals surface area contributed by atoms with Crippen LogP contribution < -0.4 is 5.73 Å². The van der Waals surface area contributed by atoms with Gasteiger partial charge in [-0.15, -0.1) is 0 Å². The zero-order chi connectivity index (χ0) is 18.0. The predicted octanol–water partition coefficient (Wildman–Crippen LogP) is 1.76. The summed E-state index contributed by atoms with van der Waals surface area (Å²) in [6, 6.07) is 9.98. The molecule has 0 aliphatic carbocycles. The molecule has 0 bridgehead atoms. The van der Waals surface area contributed by atoms with Crippen molar-refractivity contribution in [3.8, 4) is 5.69 Å². The zero-order valence-corrected chi connectivity index (χ0v) is 14.7. The highest BCUT2D eigenvalue weighted by atomic mass is 16.2. The lowest BCUT2D eigenvalue weighted by atomic mass is 10.1. The Bertz CT molecular complexity index is 782. The van der Waals surface area contributed by atoms with E-state index in [-0.39, 0.29) is 17.7 Å². The van der Waals surface area contributed by atoms with Gasteiger partial charge in [-0.3, -0.25) is 9.59 Å². The van der Waals surface area contributed by atoms with E-state index in [1.165, 1.54) is 0 Å². The van der Waals surface area contributed by atoms with Crippen LogP contribution in [0, 0.1) is 19.8 Å². The van der Waals surface area contributed by atoms with Crippen LogP contribution in [-0.4, -0.2) is 39.6 Å². The fourth-order valence-corrected chi connectivity index (χ4v) is 3.47. The molecule has 0 radical (unpaired) electrons. The maximum atomic E-state index is 12.4. The molecule has 2 amide bonds. The number of nitrogens with two attached hydrogens (primary N) is 1. The van der Waals surface area contributed by atoms with Gasteiger partial charge < -0.3 is 10.6 Å². The Labute approximate surface area is 147 Å². The van der Waals surface area contributed by atoms with Crippen molar-refractivity contribution in [3.63, 3.8) is 0 Å². The summed E-state index contributed by atoms with van der Waals surface area (Å²) >= 11 is 0. The SMILES string of the molecule is Cc1nn(-c2ccccc2)c(C)c1CCC(=O)N1CC[C@H](C(N)=O)C1. The number of carbonyl (C=O) groups excluding carboxylic acids is 2. The molecule has 2 aromatic rings. The van der Waals surface area contributed by atoms with Gasteiger partial charge in [0.15, 0.2) is 0 Å². The van der Waals surface area contributed by atoms with Gasteiger partial charge in [-0.25, -0.2) is 4.68 Å². The first-order valence-corrected chi connectivity index (χ1v) is 8.65. The zero-order valence-electron chi connectivity index (χ0n) is 14.7. The fourth-order valence-electron chi connectivity index (χ4n) is 3.47. The first kappa shape index (κ1) is 17.2. The van der Waals surface area contributed by atoms with E-state index in [2.05, 4.69) is 5.10 Å². The van der Waals surface area contributed by atoms with Crippen molar-refractivity contribution in [2.75, 3.05) is 13.1 Å². The Morgan fingerprint density at radius 1 is 1.24 bits per heavy atom. The van der Waals surface area contributed by atoms with Crippen LogP contribution in [0.2, 0.25) is 0 Å². The number of para-hydroxylation sites is 1. The molecule has 0 unspecified atom stereocenters. The van der Waals surface area contributed by atoms with Gasteiger partial charge in [0.2, 0.25) is 11.8 Å². The highest BCUT2D eigenvalue weighted by Gasteiger charge is 2.29. The molecule has 1 aromatic heterocycles. The van der Waals surface area contributed by atoms with Crippen molar-refractivity contribution < 1.29 is 9.59 Å². The van der Waals surface area contributed by atoms with Crippen LogP contribution in [0.5, 0.6) is 0 Å². The molecule has 1 fully saturated rings. The molecule has 1 aliphatic rings. The number of aryl methyl sites for hydroxylation is 1. The van der Waals surface area contributed by atoms with E-state index in [4.69, 9.17) is 5.73 Å². The first-order chi connectivity index (χ1) is 12.0. The normalized spacial score (nSPS) is 17.0. The summed E-state index contributed by atoms with van der Waals surface area (Å²) in [4.78, 5) is 25.4. The summed E-state index contributed by atoms with van der Waals surface area (Å²) in [6.45, 7) is 5.08. The van der Waals surface area contributed by atoms with Crippen LogP contribution in [0.1, 0.15) is 29.8 Å². The Balaban J connectivity index is 1.67. The van der Waals surface area contributed by atoms with Gasteiger partial charge in [-0.2, -0.15) is 5.10 Å². The molecule has 1 aliphatic heterocycles. The number of hydrogen-bond acceptors (Lipinski definition) is 3. The summed E-state index contributed by atoms with van der Waals surface area (Å²) < 4.78 is 1.92. The highest BCUT2D eigenvalue weighted by Crippen LogP contribution is 2.21. The molecule has 25 heavy (non-hydrogen) atoms. The Morgan fingerprint density at radius 3 is 2.60 bits per heavy atom. The van der Waals surface area contributed by atoms with E-state index in [0.717, 1.165) is 22.6 Å². The molecule has 3 rings (SSSR count). The average molecular weight is 340 g/mol. The molecule has 1 atom stereocenters. The number of aromatic nitrogens is 2. The van der Waals surface area contributed by atoms with Crippen LogP contribution in [0.25, 0.3) is 5.69 Å². The van der Waals surface area contributed by atoms with E-state index in [0.29, 0.717) is 32.4 Å². The first-order valence-electron chi connectivity index (χ1n) is 8.65. The van der Waals surface area contributed by atoms with Crippen LogP contribution >= 0.6 is 0 Å². The van der Waals surface area contributed by atoms with Crippen LogP contribution in [0.3, 0.4) is 0 Å². The van der Waals surface area contributed by atoms with Gasteiger partial charge in [0, 0.05) is 25.2 Å². The second kappa shape index (κ2) is 7.09. The minimum absolute atomic E-state index is 0.0787. The molecule has 132 valence electrons. The summed E-state index contributed by atoms with van der Waals surface area (Å²) in [6.07, 6.45) is 1.75. The Morgan fingerprint density at radius 2 is 1.96 bits per heavy atom. The third kappa shape index (κ3) is 3.57. The van der Waals surface area contributed by atoms with Crippen LogP contribution in [0.4, 0.5) is 0 Å². The van der Waals surface area contributed by atoms with Gasteiger partial charge >= 0.3 is 0 Å². The summed E-state index contributed by atoms with van der Waals surface area (Å²) in [5, 5.41) is 4.62. The van der Waals surface area contributed by atoms with Gasteiger partial charge in [-0.05, 0) is 44.4 Å². The second-order valence-electron chi connectivity index (χ2n) is 6.62. The van der Waals surface area contributed by atoms with Crippen molar-refractivity contribution in [1.29, 1.82) is 0 Å². The summed E-state index contributed by atoms with van der Waals surface area (Å²) in [5.74, 6) is -0.436. The fraction of sp³-hybridized carbons (Fsp3) is 0.421.